The zero-order valence-corrected chi connectivity index (χ0v) is 22.6. The summed E-state index contributed by atoms with van der Waals surface area (Å²) in [5.41, 5.74) is 2.36. The van der Waals surface area contributed by atoms with Gasteiger partial charge in [-0.15, -0.1) is 13.9 Å². The van der Waals surface area contributed by atoms with Crippen LogP contribution in [0.15, 0.2) is 108 Å². The van der Waals surface area contributed by atoms with E-state index >= 15 is 0 Å². The average Bonchev–Trinajstić information content (AvgIpc) is 3.20. The van der Waals surface area contributed by atoms with E-state index in [0.29, 0.717) is 21.2 Å². The van der Waals surface area contributed by atoms with Crippen LogP contribution < -0.4 is 9.73 Å². The van der Waals surface area contributed by atoms with Gasteiger partial charge in [0.25, 0.3) is 10.0 Å². The molecule has 9 nitrogen and oxygen atoms in total. The first kappa shape index (κ1) is 27.8. The predicted octanol–water partition coefficient (Wildman–Crippen LogP) is 5.93. The summed E-state index contributed by atoms with van der Waals surface area (Å²) in [6.07, 6.45) is 1.50. The molecule has 0 amide bonds. The number of aromatic nitrogens is 1. The Morgan fingerprint density at radius 2 is 1.75 bits per heavy atom. The Morgan fingerprint density at radius 1 is 1.08 bits per heavy atom. The van der Waals surface area contributed by atoms with E-state index in [1.807, 2.05) is 30.3 Å². The number of nitrogens with one attached hydrogen (secondary N) is 2. The molecule has 189 valence electrons. The molecule has 0 aliphatic carbocycles. The standard InChI is InChI=1S/C22H19N7O2S3.ClH.Cu/c1-15-20(21(23)29(26-15)17-7-3-2-4-8-17)22(32)33-28-25-16-10-12-18(13-11-16)34(30,31)27-19-9-5-6-14-24-19;;/h2-14,23,32H,1H3,(H,24,27);1H;/q;;+2/p-2/b22-20-,23-21?,28-25?;;. The minimum absolute atomic E-state index is 0.0723. The molecule has 1 aliphatic heterocycles. The van der Waals surface area contributed by atoms with E-state index in [1.165, 1.54) is 35.5 Å². The van der Waals surface area contributed by atoms with Crippen molar-refractivity contribution in [1.82, 2.24) is 4.98 Å². The second-order valence-electron chi connectivity index (χ2n) is 6.93. The Bertz CT molecular complexity index is 1400. The number of hydrazone groups is 1. The summed E-state index contributed by atoms with van der Waals surface area (Å²) in [6, 6.07) is 20.2. The molecule has 0 saturated heterocycles. The number of hydrogen-bond donors (Lipinski definition) is 2. The molecular formula is C22H18ClCuN7O2S3. The van der Waals surface area contributed by atoms with Crippen molar-refractivity contribution in [2.75, 3.05) is 9.73 Å². The minimum atomic E-state index is -3.77. The quantitative estimate of drug-likeness (QED) is 0.149. The number of hydrogen-bond acceptors (Lipinski definition) is 9. The number of sulfonamides is 1. The number of rotatable bonds is 7. The van der Waals surface area contributed by atoms with Crippen LogP contribution in [0.4, 0.5) is 17.2 Å². The van der Waals surface area contributed by atoms with Crippen molar-refractivity contribution in [1.29, 1.82) is 5.41 Å². The molecule has 0 bridgehead atoms. The van der Waals surface area contributed by atoms with Crippen molar-refractivity contribution in [2.24, 2.45) is 14.7 Å². The fourth-order valence-electron chi connectivity index (χ4n) is 2.99. The maximum atomic E-state index is 12.5. The van der Waals surface area contributed by atoms with Crippen LogP contribution in [0.2, 0.25) is 0 Å². The van der Waals surface area contributed by atoms with Gasteiger partial charge in [0.1, 0.15) is 5.82 Å². The van der Waals surface area contributed by atoms with Gasteiger partial charge in [0.2, 0.25) is 0 Å². The summed E-state index contributed by atoms with van der Waals surface area (Å²) in [7, 11) is 0.430. The Kier molecular flexibility index (Phi) is 9.99. The van der Waals surface area contributed by atoms with E-state index in [1.54, 1.807) is 25.1 Å². The monoisotopic (exact) mass is 606 g/mol. The Morgan fingerprint density at radius 3 is 2.39 bits per heavy atom. The van der Waals surface area contributed by atoms with Gasteiger partial charge >= 0.3 is 25.2 Å². The van der Waals surface area contributed by atoms with Gasteiger partial charge in [-0.3, -0.25) is 10.1 Å². The van der Waals surface area contributed by atoms with Crippen LogP contribution in [0.25, 0.3) is 0 Å². The molecule has 0 fully saturated rings. The second-order valence-corrected chi connectivity index (χ2v) is 10.0. The van der Waals surface area contributed by atoms with Crippen LogP contribution in [0.3, 0.4) is 0 Å². The van der Waals surface area contributed by atoms with Crippen molar-refractivity contribution < 1.29 is 23.5 Å². The first-order valence-corrected chi connectivity index (χ1v) is 14.0. The van der Waals surface area contributed by atoms with Crippen LogP contribution in [-0.4, -0.2) is 24.9 Å². The number of pyridine rings is 1. The molecule has 1 aliphatic rings. The summed E-state index contributed by atoms with van der Waals surface area (Å²) in [6.45, 7) is 1.79. The third-order valence-corrected chi connectivity index (χ3v) is 6.93. The molecule has 4 rings (SSSR count). The van der Waals surface area contributed by atoms with Gasteiger partial charge in [-0.25, -0.2) is 18.4 Å². The fraction of sp³-hybridized carbons (Fsp3) is 0.0455. The number of nitrogens with zero attached hydrogens (tertiary/aromatic N) is 5. The number of benzene rings is 2. The van der Waals surface area contributed by atoms with Gasteiger partial charge in [-0.05, 0) is 55.5 Å². The molecule has 1 aromatic heterocycles. The Hall–Kier alpha value is -2.80. The number of para-hydroxylation sites is 1. The summed E-state index contributed by atoms with van der Waals surface area (Å²) in [5.74, 6) is 0.405. The SMILES string of the molecule is CC1=NN(c2ccccc2)C(=N)/C1=C(/[S-])SN=Nc1ccc(S(=O)(=O)Nc2ccccn2)cc1.[Cl][Cu+]. The van der Waals surface area contributed by atoms with Gasteiger partial charge in [-0.2, -0.15) is 5.10 Å². The van der Waals surface area contributed by atoms with Crippen LogP contribution in [0.1, 0.15) is 6.92 Å². The topological polar surface area (TPSA) is 123 Å². The zero-order chi connectivity index (χ0) is 26.1. The molecule has 14 heteroatoms. The van der Waals surface area contributed by atoms with E-state index in [4.69, 9.17) is 18.0 Å². The van der Waals surface area contributed by atoms with Gasteiger partial charge in [0.15, 0.2) is 5.84 Å². The van der Waals surface area contributed by atoms with Crippen LogP contribution in [0, 0.1) is 5.41 Å². The summed E-state index contributed by atoms with van der Waals surface area (Å²) >= 11 is 10.1. The van der Waals surface area contributed by atoms with Crippen molar-refractivity contribution >= 4 is 73.4 Å². The number of halogens is 1. The molecule has 0 radical (unpaired) electrons. The van der Waals surface area contributed by atoms with Crippen LogP contribution in [0.5, 0.6) is 0 Å². The third-order valence-electron chi connectivity index (χ3n) is 4.60. The number of anilines is 2. The van der Waals surface area contributed by atoms with E-state index in [9.17, 15) is 8.42 Å². The van der Waals surface area contributed by atoms with Crippen molar-refractivity contribution in [2.45, 2.75) is 11.8 Å². The molecule has 2 aromatic carbocycles. The number of amidine groups is 1. The van der Waals surface area contributed by atoms with Crippen LogP contribution in [-0.2, 0) is 37.8 Å². The van der Waals surface area contributed by atoms with E-state index in [0.717, 1.165) is 17.6 Å². The molecule has 2 N–H and O–H groups in total. The molecule has 0 atom stereocenters. The van der Waals surface area contributed by atoms with E-state index < -0.39 is 10.0 Å². The molecule has 2 heterocycles. The average molecular weight is 608 g/mol. The van der Waals surface area contributed by atoms with Crippen molar-refractivity contribution in [3.8, 4) is 0 Å². The molecule has 36 heavy (non-hydrogen) atoms. The van der Waals surface area contributed by atoms with Gasteiger partial charge in [-0.1, -0.05) is 24.3 Å². The summed E-state index contributed by atoms with van der Waals surface area (Å²) in [4.78, 5) is 4.03. The summed E-state index contributed by atoms with van der Waals surface area (Å²) < 4.78 is 31.8. The first-order chi connectivity index (χ1) is 17.3. The molecule has 0 unspecified atom stereocenters. The van der Waals surface area contributed by atoms with Crippen molar-refractivity contribution in [3.05, 3.63) is 88.8 Å². The van der Waals surface area contributed by atoms with Crippen molar-refractivity contribution in [3.63, 3.8) is 0 Å². The van der Waals surface area contributed by atoms with E-state index in [2.05, 4.69) is 49.6 Å². The van der Waals surface area contributed by atoms with Gasteiger partial charge in [0, 0.05) is 23.7 Å². The Balaban J connectivity index is 0.00000176. The maximum absolute atomic E-state index is 12.5. The van der Waals surface area contributed by atoms with Gasteiger partial charge in [0.05, 0.1) is 22.0 Å². The fourth-order valence-corrected chi connectivity index (χ4v) is 4.89. The van der Waals surface area contributed by atoms with Crippen LogP contribution >= 0.6 is 22.0 Å². The molecule has 0 saturated carbocycles. The molecule has 0 spiro atoms. The van der Waals surface area contributed by atoms with Gasteiger partial charge < -0.3 is 12.6 Å². The Labute approximate surface area is 231 Å². The van der Waals surface area contributed by atoms with E-state index in [-0.39, 0.29) is 16.5 Å². The zero-order valence-electron chi connectivity index (χ0n) is 18.5. The second kappa shape index (κ2) is 12.9. The summed E-state index contributed by atoms with van der Waals surface area (Å²) in [5, 5.41) is 18.5. The molecular weight excluding hydrogens is 589 g/mol. The molecule has 3 aromatic rings. The normalized spacial score (nSPS) is 14.8. The first-order valence-electron chi connectivity index (χ1n) is 9.99. The predicted molar refractivity (Wildman–Crippen MR) is 144 cm³/mol. The third kappa shape index (κ3) is 6.90.